The van der Waals surface area contributed by atoms with Gasteiger partial charge in [0.2, 0.25) is 0 Å². The lowest BCUT2D eigenvalue weighted by molar-refractivity contribution is -0.124. The number of benzene rings is 1. The number of hydrogen-bond donors (Lipinski definition) is 1. The highest BCUT2D eigenvalue weighted by atomic mass is 16.5. The molecule has 128 valence electrons. The summed E-state index contributed by atoms with van der Waals surface area (Å²) in [6.07, 6.45) is 3.00. The topological polar surface area (TPSA) is 99.3 Å². The van der Waals surface area contributed by atoms with Crippen LogP contribution in [0.15, 0.2) is 59.3 Å². The Hall–Kier alpha value is -3.42. The largest absolute Gasteiger partial charge is 0.467 e. The van der Waals surface area contributed by atoms with Gasteiger partial charge in [-0.1, -0.05) is 35.5 Å². The number of ether oxygens (including phenoxy) is 1. The van der Waals surface area contributed by atoms with Crippen LogP contribution in [0.5, 0.6) is 0 Å². The van der Waals surface area contributed by atoms with Crippen LogP contribution in [-0.4, -0.2) is 33.5 Å². The Labute approximate surface area is 143 Å². The highest BCUT2D eigenvalue weighted by Crippen LogP contribution is 2.03. The minimum Gasteiger partial charge on any atom is -0.467 e. The number of carbonyl (C=O) groups excluding carboxylic acids is 2. The van der Waals surface area contributed by atoms with Gasteiger partial charge in [-0.15, -0.1) is 5.10 Å². The number of hydrogen-bond acceptors (Lipinski definition) is 6. The normalized spacial score (nSPS) is 10.4. The van der Waals surface area contributed by atoms with E-state index in [0.717, 1.165) is 5.56 Å². The Morgan fingerprint density at radius 1 is 1.16 bits per heavy atom. The van der Waals surface area contributed by atoms with Gasteiger partial charge in [-0.3, -0.25) is 4.79 Å². The van der Waals surface area contributed by atoms with Crippen molar-refractivity contribution in [3.05, 3.63) is 71.9 Å². The van der Waals surface area contributed by atoms with Gasteiger partial charge in [0.15, 0.2) is 12.3 Å². The maximum Gasteiger partial charge on any atom is 0.361 e. The summed E-state index contributed by atoms with van der Waals surface area (Å²) in [5.41, 5.74) is 1.08. The molecule has 0 aliphatic heterocycles. The molecule has 1 aromatic carbocycles. The lowest BCUT2D eigenvalue weighted by Crippen LogP contribution is -2.28. The summed E-state index contributed by atoms with van der Waals surface area (Å²) in [5.74, 6) is -0.516. The van der Waals surface area contributed by atoms with Crippen molar-refractivity contribution in [3.63, 3.8) is 0 Å². The molecule has 0 unspecified atom stereocenters. The van der Waals surface area contributed by atoms with Gasteiger partial charge in [0.05, 0.1) is 25.5 Å². The molecule has 0 bridgehead atoms. The van der Waals surface area contributed by atoms with E-state index in [2.05, 4.69) is 15.6 Å². The van der Waals surface area contributed by atoms with E-state index in [0.29, 0.717) is 12.3 Å². The molecular weight excluding hydrogens is 324 g/mol. The Morgan fingerprint density at radius 2 is 2.00 bits per heavy atom. The standard InChI is InChI=1S/C17H16N4O4/c22-16(18-9-14-7-4-8-24-14)12-25-17(23)15-11-21(20-19-15)10-13-5-2-1-3-6-13/h1-8,11H,9-10,12H2,(H,18,22). The molecule has 0 aliphatic rings. The van der Waals surface area contributed by atoms with Gasteiger partial charge >= 0.3 is 5.97 Å². The zero-order valence-corrected chi connectivity index (χ0v) is 13.3. The lowest BCUT2D eigenvalue weighted by Gasteiger charge is -2.03. The van der Waals surface area contributed by atoms with E-state index in [4.69, 9.17) is 9.15 Å². The fourth-order valence-electron chi connectivity index (χ4n) is 2.09. The second-order valence-electron chi connectivity index (χ2n) is 5.22. The third kappa shape index (κ3) is 4.77. The summed E-state index contributed by atoms with van der Waals surface area (Å²) in [5, 5.41) is 10.2. The van der Waals surface area contributed by atoms with Gasteiger partial charge in [0, 0.05) is 0 Å². The van der Waals surface area contributed by atoms with Crippen LogP contribution in [0.1, 0.15) is 21.8 Å². The van der Waals surface area contributed by atoms with Crippen molar-refractivity contribution < 1.29 is 18.7 Å². The molecule has 0 fully saturated rings. The van der Waals surface area contributed by atoms with Crippen LogP contribution in [0, 0.1) is 0 Å². The number of rotatable bonds is 7. The van der Waals surface area contributed by atoms with Crippen LogP contribution in [-0.2, 0) is 22.6 Å². The van der Waals surface area contributed by atoms with Crippen LogP contribution in [0.3, 0.4) is 0 Å². The van der Waals surface area contributed by atoms with E-state index in [1.54, 1.807) is 12.1 Å². The Kier molecular flexibility index (Phi) is 5.20. The first-order chi connectivity index (χ1) is 12.2. The molecule has 0 spiro atoms. The number of nitrogens with one attached hydrogen (secondary N) is 1. The first-order valence-electron chi connectivity index (χ1n) is 7.61. The summed E-state index contributed by atoms with van der Waals surface area (Å²) in [6, 6.07) is 13.1. The molecular formula is C17H16N4O4. The van der Waals surface area contributed by atoms with E-state index in [9.17, 15) is 9.59 Å². The van der Waals surface area contributed by atoms with E-state index >= 15 is 0 Å². The number of esters is 1. The van der Waals surface area contributed by atoms with Crippen molar-refractivity contribution in [2.24, 2.45) is 0 Å². The van der Waals surface area contributed by atoms with E-state index in [1.165, 1.54) is 17.1 Å². The molecule has 0 atom stereocenters. The predicted octanol–water partition coefficient (Wildman–Crippen LogP) is 1.39. The number of furan rings is 1. The lowest BCUT2D eigenvalue weighted by atomic mass is 10.2. The second kappa shape index (κ2) is 7.91. The second-order valence-corrected chi connectivity index (χ2v) is 5.22. The monoisotopic (exact) mass is 340 g/mol. The zero-order valence-electron chi connectivity index (χ0n) is 13.3. The molecule has 0 aliphatic carbocycles. The number of amides is 1. The van der Waals surface area contributed by atoms with E-state index in [-0.39, 0.29) is 12.2 Å². The van der Waals surface area contributed by atoms with Crippen LogP contribution in [0.4, 0.5) is 0 Å². The molecule has 0 radical (unpaired) electrons. The molecule has 2 heterocycles. The van der Waals surface area contributed by atoms with Crippen molar-refractivity contribution in [3.8, 4) is 0 Å². The minimum absolute atomic E-state index is 0.0507. The third-order valence-electron chi connectivity index (χ3n) is 3.31. The summed E-state index contributed by atoms with van der Waals surface area (Å²) in [4.78, 5) is 23.6. The first-order valence-corrected chi connectivity index (χ1v) is 7.61. The summed E-state index contributed by atoms with van der Waals surface area (Å²) in [7, 11) is 0. The Morgan fingerprint density at radius 3 is 2.76 bits per heavy atom. The molecule has 25 heavy (non-hydrogen) atoms. The van der Waals surface area contributed by atoms with Gasteiger partial charge in [-0.2, -0.15) is 0 Å². The molecule has 0 saturated heterocycles. The highest BCUT2D eigenvalue weighted by molar-refractivity contribution is 5.89. The SMILES string of the molecule is O=C(COC(=O)c1cn(Cc2ccccc2)nn1)NCc1ccco1. The fourth-order valence-corrected chi connectivity index (χ4v) is 2.09. The Balaban J connectivity index is 1.46. The van der Waals surface area contributed by atoms with Crippen molar-refractivity contribution >= 4 is 11.9 Å². The molecule has 1 amide bonds. The van der Waals surface area contributed by atoms with Crippen molar-refractivity contribution in [1.29, 1.82) is 0 Å². The van der Waals surface area contributed by atoms with Crippen molar-refractivity contribution in [2.45, 2.75) is 13.1 Å². The third-order valence-corrected chi connectivity index (χ3v) is 3.31. The first kappa shape index (κ1) is 16.4. The highest BCUT2D eigenvalue weighted by Gasteiger charge is 2.14. The van der Waals surface area contributed by atoms with Gasteiger partial charge in [-0.25, -0.2) is 9.48 Å². The van der Waals surface area contributed by atoms with Crippen molar-refractivity contribution in [2.75, 3.05) is 6.61 Å². The number of nitrogens with zero attached hydrogens (tertiary/aromatic N) is 3. The maximum atomic E-state index is 11.9. The Bertz CT molecular complexity index is 827. The number of carbonyl (C=O) groups is 2. The zero-order chi connectivity index (χ0) is 17.5. The molecule has 8 nitrogen and oxygen atoms in total. The summed E-state index contributed by atoms with van der Waals surface area (Å²) >= 11 is 0. The molecule has 1 N–H and O–H groups in total. The summed E-state index contributed by atoms with van der Waals surface area (Å²) < 4.78 is 11.5. The maximum absolute atomic E-state index is 11.9. The predicted molar refractivity (Wildman–Crippen MR) is 86.4 cm³/mol. The van der Waals surface area contributed by atoms with Gasteiger partial charge in [0.1, 0.15) is 5.76 Å². The molecule has 3 aromatic rings. The van der Waals surface area contributed by atoms with Gasteiger partial charge < -0.3 is 14.5 Å². The van der Waals surface area contributed by atoms with Gasteiger partial charge in [0.25, 0.3) is 5.91 Å². The van der Waals surface area contributed by atoms with Crippen LogP contribution >= 0.6 is 0 Å². The molecule has 2 aromatic heterocycles. The molecule has 3 rings (SSSR count). The van der Waals surface area contributed by atoms with Crippen LogP contribution in [0.25, 0.3) is 0 Å². The number of aromatic nitrogens is 3. The van der Waals surface area contributed by atoms with E-state index in [1.807, 2.05) is 30.3 Å². The fraction of sp³-hybridized carbons (Fsp3) is 0.176. The quantitative estimate of drug-likeness (QED) is 0.653. The molecule has 8 heteroatoms. The average Bonchev–Trinajstić information content (AvgIpc) is 3.30. The summed E-state index contributed by atoms with van der Waals surface area (Å²) in [6.45, 7) is 0.326. The van der Waals surface area contributed by atoms with Gasteiger partial charge in [-0.05, 0) is 17.7 Å². The van der Waals surface area contributed by atoms with Crippen molar-refractivity contribution in [1.82, 2.24) is 20.3 Å². The van der Waals surface area contributed by atoms with Crippen LogP contribution < -0.4 is 5.32 Å². The van der Waals surface area contributed by atoms with E-state index < -0.39 is 18.5 Å². The minimum atomic E-state index is -0.701. The van der Waals surface area contributed by atoms with Crippen LogP contribution in [0.2, 0.25) is 0 Å². The smallest absolute Gasteiger partial charge is 0.361 e. The molecule has 0 saturated carbocycles. The average molecular weight is 340 g/mol.